The van der Waals surface area contributed by atoms with Crippen molar-refractivity contribution in [3.05, 3.63) is 35.4 Å². The average molecular weight is 280 g/mol. The van der Waals surface area contributed by atoms with Crippen LogP contribution < -0.4 is 0 Å². The monoisotopic (exact) mass is 280 g/mol. The summed E-state index contributed by atoms with van der Waals surface area (Å²) in [5, 5.41) is 8.88. The third-order valence-electron chi connectivity index (χ3n) is 2.52. The molecule has 5 nitrogen and oxygen atoms in total. The third kappa shape index (κ3) is 3.48. The zero-order valence-electron chi connectivity index (χ0n) is 11.0. The maximum absolute atomic E-state index is 5.21. The molecule has 1 aliphatic rings. The van der Waals surface area contributed by atoms with Crippen LogP contribution in [0.5, 0.6) is 0 Å². The lowest BCUT2D eigenvalue weighted by atomic mass is 10.0. The normalized spacial score (nSPS) is 15.7. The standard InChI is InChI=1S/C13H16N2O3S/c1-16-9-10-5-3-4-6-11(10)12(14-17-2)13-15-18-7-8-19-13/h3-6H,7-9H2,1-2H3. The molecule has 0 atom stereocenters. The molecule has 0 saturated carbocycles. The van der Waals surface area contributed by atoms with E-state index in [1.54, 1.807) is 18.9 Å². The van der Waals surface area contributed by atoms with Gasteiger partial charge in [0, 0.05) is 18.4 Å². The molecule has 0 aliphatic carbocycles. The van der Waals surface area contributed by atoms with Crippen molar-refractivity contribution in [3.8, 4) is 0 Å². The van der Waals surface area contributed by atoms with Gasteiger partial charge in [-0.15, -0.1) is 0 Å². The van der Waals surface area contributed by atoms with Crippen molar-refractivity contribution in [1.29, 1.82) is 0 Å². The van der Waals surface area contributed by atoms with Gasteiger partial charge >= 0.3 is 0 Å². The van der Waals surface area contributed by atoms with Gasteiger partial charge in [-0.25, -0.2) is 0 Å². The van der Waals surface area contributed by atoms with Crippen molar-refractivity contribution in [2.75, 3.05) is 26.6 Å². The van der Waals surface area contributed by atoms with Crippen molar-refractivity contribution in [3.63, 3.8) is 0 Å². The van der Waals surface area contributed by atoms with E-state index in [-0.39, 0.29) is 0 Å². The number of hydrogen-bond donors (Lipinski definition) is 0. The summed E-state index contributed by atoms with van der Waals surface area (Å²) >= 11 is 1.61. The van der Waals surface area contributed by atoms with Crippen molar-refractivity contribution in [1.82, 2.24) is 0 Å². The van der Waals surface area contributed by atoms with Gasteiger partial charge in [-0.1, -0.05) is 46.3 Å². The SMILES string of the molecule is COCc1ccccc1C(=NOC)C1=NOCCS1. The summed E-state index contributed by atoms with van der Waals surface area (Å²) in [6, 6.07) is 7.89. The molecule has 1 aliphatic heterocycles. The topological polar surface area (TPSA) is 52.4 Å². The maximum Gasteiger partial charge on any atom is 0.165 e. The summed E-state index contributed by atoms with van der Waals surface area (Å²) in [4.78, 5) is 10.1. The molecule has 2 rings (SSSR count). The van der Waals surface area contributed by atoms with Gasteiger partial charge in [0.15, 0.2) is 5.04 Å². The third-order valence-corrected chi connectivity index (χ3v) is 3.43. The van der Waals surface area contributed by atoms with Crippen LogP contribution in [0.1, 0.15) is 11.1 Å². The van der Waals surface area contributed by atoms with Gasteiger partial charge in [0.25, 0.3) is 0 Å². The molecule has 0 spiro atoms. The van der Waals surface area contributed by atoms with E-state index in [4.69, 9.17) is 14.4 Å². The van der Waals surface area contributed by atoms with E-state index in [9.17, 15) is 0 Å². The molecule has 1 aromatic carbocycles. The maximum atomic E-state index is 5.21. The van der Waals surface area contributed by atoms with Crippen molar-refractivity contribution >= 4 is 22.5 Å². The molecule has 6 heteroatoms. The average Bonchev–Trinajstić information content (AvgIpc) is 2.47. The summed E-state index contributed by atoms with van der Waals surface area (Å²) in [5.74, 6) is 0.855. The lowest BCUT2D eigenvalue weighted by molar-refractivity contribution is 0.160. The molecule has 0 N–H and O–H groups in total. The summed E-state index contributed by atoms with van der Waals surface area (Å²) in [6.45, 7) is 1.13. The van der Waals surface area contributed by atoms with E-state index in [1.165, 1.54) is 7.11 Å². The summed E-state index contributed by atoms with van der Waals surface area (Å²) in [5.41, 5.74) is 2.66. The van der Waals surface area contributed by atoms with E-state index >= 15 is 0 Å². The highest BCUT2D eigenvalue weighted by Gasteiger charge is 2.20. The fraction of sp³-hybridized carbons (Fsp3) is 0.385. The second-order valence-electron chi connectivity index (χ2n) is 3.79. The van der Waals surface area contributed by atoms with Gasteiger partial charge in [-0.2, -0.15) is 0 Å². The fourth-order valence-corrected chi connectivity index (χ4v) is 2.49. The summed E-state index contributed by atoms with van der Waals surface area (Å²) < 4.78 is 5.21. The van der Waals surface area contributed by atoms with Crippen molar-refractivity contribution in [2.45, 2.75) is 6.61 Å². The summed E-state index contributed by atoms with van der Waals surface area (Å²) in [6.07, 6.45) is 0. The Morgan fingerprint density at radius 1 is 1.42 bits per heavy atom. The van der Waals surface area contributed by atoms with Crippen LogP contribution in [0.25, 0.3) is 0 Å². The van der Waals surface area contributed by atoms with Crippen LogP contribution in [-0.4, -0.2) is 37.3 Å². The first-order valence-corrected chi connectivity index (χ1v) is 6.87. The van der Waals surface area contributed by atoms with Gasteiger partial charge in [0.2, 0.25) is 0 Å². The lowest BCUT2D eigenvalue weighted by Crippen LogP contribution is -2.19. The molecule has 0 unspecified atom stereocenters. The Balaban J connectivity index is 2.39. The van der Waals surface area contributed by atoms with Gasteiger partial charge < -0.3 is 14.4 Å². The predicted octanol–water partition coefficient (Wildman–Crippen LogP) is 2.26. The largest absolute Gasteiger partial charge is 0.399 e. The number of oxime groups is 2. The number of nitrogens with zero attached hydrogens (tertiary/aromatic N) is 2. The number of rotatable bonds is 5. The quantitative estimate of drug-likeness (QED) is 0.613. The number of thioether (sulfide) groups is 1. The van der Waals surface area contributed by atoms with Crippen LogP contribution in [0.3, 0.4) is 0 Å². The van der Waals surface area contributed by atoms with E-state index in [2.05, 4.69) is 10.3 Å². The molecule has 0 aromatic heterocycles. The first-order chi connectivity index (χ1) is 9.36. The number of methoxy groups -OCH3 is 1. The minimum absolute atomic E-state index is 0.512. The Morgan fingerprint density at radius 2 is 2.26 bits per heavy atom. The molecule has 0 fully saturated rings. The van der Waals surface area contributed by atoms with Crippen LogP contribution >= 0.6 is 11.8 Å². The molecule has 1 aromatic rings. The smallest absolute Gasteiger partial charge is 0.165 e. The molecular weight excluding hydrogens is 264 g/mol. The van der Waals surface area contributed by atoms with E-state index in [0.717, 1.165) is 21.9 Å². The molecule has 102 valence electrons. The Hall–Kier alpha value is -1.53. The molecule has 0 amide bonds. The highest BCUT2D eigenvalue weighted by atomic mass is 32.2. The van der Waals surface area contributed by atoms with Gasteiger partial charge in [0.1, 0.15) is 19.4 Å². The van der Waals surface area contributed by atoms with Crippen LogP contribution in [0.4, 0.5) is 0 Å². The molecule has 0 bridgehead atoms. The Kier molecular flexibility index (Phi) is 5.23. The Morgan fingerprint density at radius 3 is 2.95 bits per heavy atom. The van der Waals surface area contributed by atoms with Gasteiger partial charge in [-0.3, -0.25) is 0 Å². The minimum atomic E-state index is 0.512. The van der Waals surface area contributed by atoms with Crippen LogP contribution in [0.15, 0.2) is 34.6 Å². The molecule has 1 heterocycles. The Labute approximate surface area is 116 Å². The molecule has 0 saturated heterocycles. The van der Waals surface area contributed by atoms with E-state index in [0.29, 0.717) is 18.9 Å². The second-order valence-corrected chi connectivity index (χ2v) is 4.87. The highest BCUT2D eigenvalue weighted by Crippen LogP contribution is 2.19. The van der Waals surface area contributed by atoms with Gasteiger partial charge in [-0.05, 0) is 5.56 Å². The fourth-order valence-electron chi connectivity index (χ4n) is 1.75. The number of benzene rings is 1. The molecule has 0 radical (unpaired) electrons. The first kappa shape index (κ1) is 13.9. The second kappa shape index (κ2) is 7.16. The number of hydrogen-bond acceptors (Lipinski definition) is 6. The zero-order chi connectivity index (χ0) is 13.5. The Bertz CT molecular complexity index is 489. The lowest BCUT2D eigenvalue weighted by Gasteiger charge is -2.15. The van der Waals surface area contributed by atoms with Crippen LogP contribution in [0, 0.1) is 0 Å². The highest BCUT2D eigenvalue weighted by molar-refractivity contribution is 8.15. The van der Waals surface area contributed by atoms with Crippen LogP contribution in [-0.2, 0) is 21.0 Å². The van der Waals surface area contributed by atoms with E-state index < -0.39 is 0 Å². The predicted molar refractivity (Wildman–Crippen MR) is 76.5 cm³/mol. The first-order valence-electron chi connectivity index (χ1n) is 5.88. The van der Waals surface area contributed by atoms with Crippen molar-refractivity contribution < 1.29 is 14.4 Å². The number of ether oxygens (including phenoxy) is 1. The minimum Gasteiger partial charge on any atom is -0.399 e. The molecule has 19 heavy (non-hydrogen) atoms. The molecular formula is C13H16N2O3S. The van der Waals surface area contributed by atoms with Crippen LogP contribution in [0.2, 0.25) is 0 Å². The van der Waals surface area contributed by atoms with Crippen molar-refractivity contribution in [2.24, 2.45) is 10.3 Å². The summed E-state index contributed by atoms with van der Waals surface area (Å²) in [7, 11) is 3.19. The zero-order valence-corrected chi connectivity index (χ0v) is 11.8. The van der Waals surface area contributed by atoms with Gasteiger partial charge in [0.05, 0.1) is 6.61 Å². The van der Waals surface area contributed by atoms with E-state index in [1.807, 2.05) is 24.3 Å².